The summed E-state index contributed by atoms with van der Waals surface area (Å²) in [6.45, 7) is 6.96. The Kier molecular flexibility index (Phi) is 5.77. The lowest BCUT2D eigenvalue weighted by Crippen LogP contribution is -2.35. The number of aliphatic hydroxyl groups excluding tert-OH is 1. The maximum atomic E-state index is 9.74. The first-order valence-corrected chi connectivity index (χ1v) is 12.4. The highest BCUT2D eigenvalue weighted by atomic mass is 16.5. The SMILES string of the molecule is Cc1c(N2CCc3cnc(Nc4ccc(N5CCC(O)CC5)cc4)nc3C2)cnc2c1NCCO2. The standard InChI is InChI=1S/C26H31N7O2/c1-17-23(15-28-25-24(17)27-9-13-35-25)33-10-6-18-14-29-26(31-22(18)16-33)30-19-2-4-20(5-3-19)32-11-7-21(34)8-12-32/h2-5,14-15,21,27,34H,6-13,16H2,1H3,(H,29,30,31). The van der Waals surface area contributed by atoms with Crippen molar-refractivity contribution in [2.75, 3.05) is 53.2 Å². The van der Waals surface area contributed by atoms with E-state index in [0.717, 1.165) is 73.8 Å². The van der Waals surface area contributed by atoms with E-state index in [4.69, 9.17) is 9.72 Å². The minimum Gasteiger partial charge on any atom is -0.474 e. The number of fused-ring (bicyclic) bond motifs is 2. The van der Waals surface area contributed by atoms with E-state index in [1.807, 2.05) is 12.4 Å². The number of nitrogens with one attached hydrogen (secondary N) is 2. The first-order valence-electron chi connectivity index (χ1n) is 12.4. The second-order valence-corrected chi connectivity index (χ2v) is 9.45. The number of rotatable bonds is 4. The summed E-state index contributed by atoms with van der Waals surface area (Å²) in [5.74, 6) is 1.29. The summed E-state index contributed by atoms with van der Waals surface area (Å²) in [5, 5.41) is 16.5. The van der Waals surface area contributed by atoms with Crippen molar-refractivity contribution in [1.29, 1.82) is 0 Å². The Bertz CT molecular complexity index is 1210. The minimum absolute atomic E-state index is 0.164. The third-order valence-corrected chi connectivity index (χ3v) is 7.16. The van der Waals surface area contributed by atoms with E-state index < -0.39 is 0 Å². The van der Waals surface area contributed by atoms with Crippen LogP contribution in [0.4, 0.5) is 28.7 Å². The monoisotopic (exact) mass is 473 g/mol. The van der Waals surface area contributed by atoms with Gasteiger partial charge in [-0.05, 0) is 56.0 Å². The van der Waals surface area contributed by atoms with E-state index in [0.29, 0.717) is 25.0 Å². The highest BCUT2D eigenvalue weighted by molar-refractivity contribution is 5.70. The molecule has 3 N–H and O–H groups in total. The van der Waals surface area contributed by atoms with E-state index in [-0.39, 0.29) is 6.10 Å². The molecule has 5 heterocycles. The molecular formula is C26H31N7O2. The van der Waals surface area contributed by atoms with Gasteiger partial charge in [-0.2, -0.15) is 0 Å². The van der Waals surface area contributed by atoms with Crippen molar-refractivity contribution in [2.45, 2.75) is 38.8 Å². The van der Waals surface area contributed by atoms with E-state index >= 15 is 0 Å². The van der Waals surface area contributed by atoms with E-state index in [2.05, 4.69) is 61.6 Å². The Morgan fingerprint density at radius 2 is 1.89 bits per heavy atom. The van der Waals surface area contributed by atoms with Crippen LogP contribution in [0.15, 0.2) is 36.7 Å². The van der Waals surface area contributed by atoms with Crippen molar-refractivity contribution in [3.05, 3.63) is 53.5 Å². The fraction of sp³-hybridized carbons (Fsp3) is 0.423. The molecule has 0 amide bonds. The van der Waals surface area contributed by atoms with E-state index in [1.54, 1.807) is 0 Å². The fourth-order valence-electron chi connectivity index (χ4n) is 5.11. The van der Waals surface area contributed by atoms with Gasteiger partial charge in [0.05, 0.1) is 30.2 Å². The Morgan fingerprint density at radius 3 is 2.71 bits per heavy atom. The number of piperidine rings is 1. The van der Waals surface area contributed by atoms with Crippen LogP contribution in [0.1, 0.15) is 29.7 Å². The first kappa shape index (κ1) is 21.9. The van der Waals surface area contributed by atoms with Crippen LogP contribution in [-0.2, 0) is 13.0 Å². The summed E-state index contributed by atoms with van der Waals surface area (Å²) in [5.41, 5.74) is 7.64. The smallest absolute Gasteiger partial charge is 0.237 e. The summed E-state index contributed by atoms with van der Waals surface area (Å²) in [7, 11) is 0. The lowest BCUT2D eigenvalue weighted by atomic mass is 10.0. The Balaban J connectivity index is 1.16. The molecule has 0 atom stereocenters. The topological polar surface area (TPSA) is 98.7 Å². The van der Waals surface area contributed by atoms with Crippen molar-refractivity contribution < 1.29 is 9.84 Å². The van der Waals surface area contributed by atoms with Gasteiger partial charge in [0, 0.05) is 49.3 Å². The molecule has 1 aromatic carbocycles. The highest BCUT2D eigenvalue weighted by Crippen LogP contribution is 2.36. The third-order valence-electron chi connectivity index (χ3n) is 7.16. The van der Waals surface area contributed by atoms with Crippen LogP contribution in [0, 0.1) is 6.92 Å². The molecule has 3 aliphatic heterocycles. The summed E-state index contributed by atoms with van der Waals surface area (Å²) >= 11 is 0. The molecule has 9 nitrogen and oxygen atoms in total. The van der Waals surface area contributed by atoms with Gasteiger partial charge >= 0.3 is 0 Å². The number of nitrogens with zero attached hydrogens (tertiary/aromatic N) is 5. The summed E-state index contributed by atoms with van der Waals surface area (Å²) in [4.78, 5) is 18.6. The molecular weight excluding hydrogens is 442 g/mol. The maximum absolute atomic E-state index is 9.74. The van der Waals surface area contributed by atoms with E-state index in [9.17, 15) is 5.11 Å². The summed E-state index contributed by atoms with van der Waals surface area (Å²) in [6.07, 6.45) is 6.24. The number of hydrogen-bond donors (Lipinski definition) is 3. The molecule has 0 spiro atoms. The Labute approximate surface area is 205 Å². The van der Waals surface area contributed by atoms with Gasteiger partial charge in [-0.15, -0.1) is 0 Å². The number of anilines is 5. The molecule has 0 unspecified atom stereocenters. The largest absolute Gasteiger partial charge is 0.474 e. The van der Waals surface area contributed by atoms with Gasteiger partial charge in [0.25, 0.3) is 0 Å². The number of aliphatic hydroxyl groups is 1. The molecule has 3 aliphatic rings. The third kappa shape index (κ3) is 4.43. The quantitative estimate of drug-likeness (QED) is 0.527. The lowest BCUT2D eigenvalue weighted by Gasteiger charge is -2.32. The fourth-order valence-corrected chi connectivity index (χ4v) is 5.11. The van der Waals surface area contributed by atoms with Gasteiger partial charge in [-0.3, -0.25) is 0 Å². The summed E-state index contributed by atoms with van der Waals surface area (Å²) in [6, 6.07) is 8.35. The molecule has 1 saturated heterocycles. The first-order chi connectivity index (χ1) is 17.1. The molecule has 35 heavy (non-hydrogen) atoms. The van der Waals surface area contributed by atoms with Crippen molar-refractivity contribution >= 4 is 28.7 Å². The summed E-state index contributed by atoms with van der Waals surface area (Å²) < 4.78 is 5.69. The van der Waals surface area contributed by atoms with Gasteiger partial charge in [-0.25, -0.2) is 15.0 Å². The van der Waals surface area contributed by atoms with Crippen LogP contribution in [0.2, 0.25) is 0 Å². The van der Waals surface area contributed by atoms with Crippen LogP contribution in [0.3, 0.4) is 0 Å². The molecule has 0 aliphatic carbocycles. The molecule has 3 aromatic rings. The molecule has 0 bridgehead atoms. The molecule has 2 aromatic heterocycles. The zero-order chi connectivity index (χ0) is 23.8. The van der Waals surface area contributed by atoms with Gasteiger partial charge in [0.2, 0.25) is 11.8 Å². The van der Waals surface area contributed by atoms with Gasteiger partial charge in [0.15, 0.2) is 0 Å². The zero-order valence-corrected chi connectivity index (χ0v) is 20.0. The number of aromatic nitrogens is 3. The average Bonchev–Trinajstić information content (AvgIpc) is 2.90. The molecule has 182 valence electrons. The average molecular weight is 474 g/mol. The molecule has 6 rings (SSSR count). The van der Waals surface area contributed by atoms with Gasteiger partial charge < -0.3 is 30.3 Å². The molecule has 0 saturated carbocycles. The van der Waals surface area contributed by atoms with Crippen LogP contribution < -0.4 is 25.2 Å². The zero-order valence-electron chi connectivity index (χ0n) is 20.0. The van der Waals surface area contributed by atoms with Crippen molar-refractivity contribution in [2.24, 2.45) is 0 Å². The minimum atomic E-state index is -0.164. The van der Waals surface area contributed by atoms with Crippen LogP contribution in [0.25, 0.3) is 0 Å². The highest BCUT2D eigenvalue weighted by Gasteiger charge is 2.24. The predicted octanol–water partition coefficient (Wildman–Crippen LogP) is 3.25. The number of ether oxygens (including phenoxy) is 1. The molecule has 0 radical (unpaired) electrons. The van der Waals surface area contributed by atoms with Crippen LogP contribution >= 0.6 is 0 Å². The second-order valence-electron chi connectivity index (χ2n) is 9.45. The predicted molar refractivity (Wildman–Crippen MR) is 137 cm³/mol. The van der Waals surface area contributed by atoms with Crippen molar-refractivity contribution in [3.63, 3.8) is 0 Å². The van der Waals surface area contributed by atoms with Gasteiger partial charge in [0.1, 0.15) is 12.3 Å². The molecule has 9 heteroatoms. The van der Waals surface area contributed by atoms with E-state index in [1.165, 1.54) is 11.3 Å². The normalized spacial score (nSPS) is 17.8. The number of pyridine rings is 1. The van der Waals surface area contributed by atoms with Crippen LogP contribution in [0.5, 0.6) is 5.88 Å². The van der Waals surface area contributed by atoms with Gasteiger partial charge in [-0.1, -0.05) is 0 Å². The lowest BCUT2D eigenvalue weighted by molar-refractivity contribution is 0.145. The van der Waals surface area contributed by atoms with Crippen molar-refractivity contribution in [3.8, 4) is 5.88 Å². The second kappa shape index (κ2) is 9.22. The number of hydrogen-bond acceptors (Lipinski definition) is 9. The van der Waals surface area contributed by atoms with Crippen molar-refractivity contribution in [1.82, 2.24) is 15.0 Å². The Hall–Kier alpha value is -3.59. The number of benzene rings is 1. The maximum Gasteiger partial charge on any atom is 0.237 e. The molecule has 1 fully saturated rings. The Morgan fingerprint density at radius 1 is 1.06 bits per heavy atom. The van der Waals surface area contributed by atoms with Crippen LogP contribution in [-0.4, -0.2) is 58.9 Å².